The second kappa shape index (κ2) is 5.30. The van der Waals surface area contributed by atoms with Crippen molar-refractivity contribution in [3.63, 3.8) is 0 Å². The Bertz CT molecular complexity index is 904. The van der Waals surface area contributed by atoms with Crippen molar-refractivity contribution in [1.82, 2.24) is 0 Å². The van der Waals surface area contributed by atoms with E-state index in [1.165, 1.54) is 28.3 Å². The smallest absolute Gasteiger partial charge is 0.169 e. The Morgan fingerprint density at radius 3 is 2.80 bits per heavy atom. The molecular weight excluding hydrogens is 304 g/mol. The van der Waals surface area contributed by atoms with Gasteiger partial charge in [0.1, 0.15) is 0 Å². The quantitative estimate of drug-likeness (QED) is 0.641. The lowest BCUT2D eigenvalue weighted by atomic mass is 9.63. The lowest BCUT2D eigenvalue weighted by molar-refractivity contribution is 0.0703. The number of allylic oxidation sites excluding steroid dienone is 2. The summed E-state index contributed by atoms with van der Waals surface area (Å²) in [6, 6.07) is 11.1. The van der Waals surface area contributed by atoms with Crippen LogP contribution in [-0.2, 0) is 12.8 Å². The number of fused-ring (bicyclic) bond motifs is 5. The maximum absolute atomic E-state index is 13.6. The summed E-state index contributed by atoms with van der Waals surface area (Å²) in [5.41, 5.74) is 3.59. The number of carbonyl (C=O) groups is 1. The summed E-state index contributed by atoms with van der Waals surface area (Å²) < 4.78 is 0. The number of ketones is 1. The third-order valence-electron chi connectivity index (χ3n) is 6.87. The molecule has 25 heavy (non-hydrogen) atoms. The van der Waals surface area contributed by atoms with Gasteiger partial charge in [-0.25, -0.2) is 0 Å². The predicted molar refractivity (Wildman–Crippen MR) is 103 cm³/mol. The van der Waals surface area contributed by atoms with Crippen molar-refractivity contribution >= 4 is 16.6 Å². The highest BCUT2D eigenvalue weighted by Gasteiger charge is 2.54. The summed E-state index contributed by atoms with van der Waals surface area (Å²) in [4.78, 5) is 13.6. The van der Waals surface area contributed by atoms with Gasteiger partial charge in [-0.15, -0.1) is 0 Å². The van der Waals surface area contributed by atoms with Gasteiger partial charge in [0.25, 0.3) is 0 Å². The van der Waals surface area contributed by atoms with Crippen LogP contribution in [0.4, 0.5) is 0 Å². The van der Waals surface area contributed by atoms with E-state index in [1.54, 1.807) is 0 Å². The molecule has 1 heteroatoms. The van der Waals surface area contributed by atoms with Crippen LogP contribution in [-0.4, -0.2) is 5.78 Å². The Morgan fingerprint density at radius 2 is 2.08 bits per heavy atom. The molecule has 3 atom stereocenters. The molecule has 0 saturated heterocycles. The van der Waals surface area contributed by atoms with Crippen LogP contribution in [0.1, 0.15) is 54.6 Å². The zero-order chi connectivity index (χ0) is 17.2. The third kappa shape index (κ3) is 2.18. The minimum absolute atomic E-state index is 0.0902. The van der Waals surface area contributed by atoms with Gasteiger partial charge in [0.2, 0.25) is 0 Å². The first-order valence-electron chi connectivity index (χ1n) is 9.84. The van der Waals surface area contributed by atoms with E-state index < -0.39 is 0 Å². The van der Waals surface area contributed by atoms with Gasteiger partial charge in [-0.2, -0.15) is 0 Å². The normalized spacial score (nSPS) is 30.0. The Morgan fingerprint density at radius 1 is 1.20 bits per heavy atom. The number of hydrogen-bond donors (Lipinski definition) is 0. The van der Waals surface area contributed by atoms with Crippen molar-refractivity contribution < 1.29 is 4.79 Å². The summed E-state index contributed by atoms with van der Waals surface area (Å²) in [6.07, 6.45) is 10.1. The van der Waals surface area contributed by atoms with Gasteiger partial charge in [0.05, 0.1) is 0 Å². The Balaban J connectivity index is 1.64. The number of Topliss-reactive ketones (excluding diaryl/α,β-unsaturated/α-hetero) is 1. The average molecular weight is 330 g/mol. The zero-order valence-electron chi connectivity index (χ0n) is 15.2. The van der Waals surface area contributed by atoms with Gasteiger partial charge in [-0.3, -0.25) is 4.79 Å². The monoisotopic (exact) mass is 330 g/mol. The fourth-order valence-corrected chi connectivity index (χ4v) is 5.72. The highest BCUT2D eigenvalue weighted by Crippen LogP contribution is 2.57. The predicted octanol–water partition coefficient (Wildman–Crippen LogP) is 5.75. The molecule has 2 aromatic rings. The molecule has 5 rings (SSSR count). The van der Waals surface area contributed by atoms with Crippen molar-refractivity contribution in [3.8, 4) is 0 Å². The van der Waals surface area contributed by atoms with E-state index in [-0.39, 0.29) is 5.41 Å². The summed E-state index contributed by atoms with van der Waals surface area (Å²) >= 11 is 0. The molecule has 3 unspecified atom stereocenters. The van der Waals surface area contributed by atoms with E-state index in [4.69, 9.17) is 0 Å². The van der Waals surface area contributed by atoms with E-state index in [2.05, 4.69) is 56.3 Å². The van der Waals surface area contributed by atoms with Gasteiger partial charge >= 0.3 is 0 Å². The first kappa shape index (κ1) is 15.4. The van der Waals surface area contributed by atoms with Gasteiger partial charge in [-0.1, -0.05) is 50.3 Å². The summed E-state index contributed by atoms with van der Waals surface area (Å²) in [7, 11) is 0. The molecule has 3 aliphatic rings. The number of benzene rings is 2. The first-order chi connectivity index (χ1) is 12.1. The van der Waals surface area contributed by atoms with Crippen molar-refractivity contribution in [3.05, 3.63) is 59.2 Å². The van der Waals surface area contributed by atoms with Crippen LogP contribution in [0, 0.1) is 23.2 Å². The molecule has 0 aromatic heterocycles. The van der Waals surface area contributed by atoms with Crippen LogP contribution in [0.25, 0.3) is 10.8 Å². The fourth-order valence-electron chi connectivity index (χ4n) is 5.72. The first-order valence-corrected chi connectivity index (χ1v) is 9.84. The van der Waals surface area contributed by atoms with E-state index >= 15 is 0 Å². The largest absolute Gasteiger partial charge is 0.294 e. The molecule has 1 fully saturated rings. The molecule has 0 radical (unpaired) electrons. The summed E-state index contributed by atoms with van der Waals surface area (Å²) in [5, 5.41) is 2.59. The van der Waals surface area contributed by atoms with Crippen LogP contribution in [0.2, 0.25) is 0 Å². The lowest BCUT2D eigenvalue weighted by Gasteiger charge is -2.38. The topological polar surface area (TPSA) is 17.1 Å². The highest BCUT2D eigenvalue weighted by atomic mass is 16.1. The van der Waals surface area contributed by atoms with Crippen molar-refractivity contribution in [2.24, 2.45) is 23.2 Å². The number of rotatable bonds is 2. The fraction of sp³-hybridized carbons (Fsp3) is 0.458. The Labute approximate surface area is 150 Å². The molecule has 1 nitrogen and oxygen atoms in total. The second-order valence-corrected chi connectivity index (χ2v) is 8.92. The SMILES string of the molecule is CC(C)Cc1cccc2cc3c(cc12)C(=O)C1(CC3)CC2C=CC1C2. The maximum Gasteiger partial charge on any atom is 0.169 e. The highest BCUT2D eigenvalue weighted by molar-refractivity contribution is 6.06. The van der Waals surface area contributed by atoms with Crippen molar-refractivity contribution in [1.29, 1.82) is 0 Å². The number of hydrogen-bond acceptors (Lipinski definition) is 1. The zero-order valence-corrected chi connectivity index (χ0v) is 15.2. The van der Waals surface area contributed by atoms with E-state index in [0.717, 1.165) is 31.2 Å². The third-order valence-corrected chi connectivity index (χ3v) is 6.87. The van der Waals surface area contributed by atoms with Crippen LogP contribution in [0.3, 0.4) is 0 Å². The van der Waals surface area contributed by atoms with E-state index in [0.29, 0.717) is 23.5 Å². The van der Waals surface area contributed by atoms with Gasteiger partial charge in [-0.05, 0) is 77.8 Å². The molecule has 0 N–H and O–H groups in total. The summed E-state index contributed by atoms with van der Waals surface area (Å²) in [6.45, 7) is 4.53. The standard InChI is InChI=1S/C24H26O/c1-15(2)10-17-4-3-5-18-12-19-8-9-24(14-16-6-7-20(24)11-16)23(25)22(19)13-21(17)18/h3-7,12-13,15-16,20H,8-11,14H2,1-2H3. The van der Waals surface area contributed by atoms with Crippen molar-refractivity contribution in [2.75, 3.05) is 0 Å². The lowest BCUT2D eigenvalue weighted by Crippen LogP contribution is -2.39. The minimum Gasteiger partial charge on any atom is -0.294 e. The number of carbonyl (C=O) groups excluding carboxylic acids is 1. The average Bonchev–Trinajstić information content (AvgIpc) is 3.19. The van der Waals surface area contributed by atoms with E-state index in [1.807, 2.05) is 0 Å². The van der Waals surface area contributed by atoms with Crippen molar-refractivity contribution in [2.45, 2.75) is 46.0 Å². The van der Waals surface area contributed by atoms with E-state index in [9.17, 15) is 4.79 Å². The molecule has 1 spiro atoms. The van der Waals surface area contributed by atoms with Gasteiger partial charge in [0, 0.05) is 11.0 Å². The van der Waals surface area contributed by atoms with Crippen LogP contribution >= 0.6 is 0 Å². The minimum atomic E-state index is -0.0902. The molecule has 1 saturated carbocycles. The number of aryl methyl sites for hydroxylation is 1. The Hall–Kier alpha value is -1.89. The molecular formula is C24H26O. The molecule has 128 valence electrons. The van der Waals surface area contributed by atoms with Crippen LogP contribution in [0.15, 0.2) is 42.5 Å². The van der Waals surface area contributed by atoms with Crippen LogP contribution < -0.4 is 0 Å². The molecule has 0 aliphatic heterocycles. The van der Waals surface area contributed by atoms with Gasteiger partial charge in [0.15, 0.2) is 5.78 Å². The molecule has 3 aliphatic carbocycles. The molecule has 2 aromatic carbocycles. The van der Waals surface area contributed by atoms with Crippen LogP contribution in [0.5, 0.6) is 0 Å². The van der Waals surface area contributed by atoms with Gasteiger partial charge < -0.3 is 0 Å². The molecule has 2 bridgehead atoms. The maximum atomic E-state index is 13.6. The second-order valence-electron chi connectivity index (χ2n) is 8.92. The molecule has 0 amide bonds. The summed E-state index contributed by atoms with van der Waals surface area (Å²) in [5.74, 6) is 2.19. The molecule has 0 heterocycles. The Kier molecular flexibility index (Phi) is 3.26.